The van der Waals surface area contributed by atoms with Crippen molar-refractivity contribution in [1.82, 2.24) is 0 Å². The minimum atomic E-state index is 0.488. The second kappa shape index (κ2) is 7.43. The first-order chi connectivity index (χ1) is 9.56. The Labute approximate surface area is 131 Å². The zero-order chi connectivity index (χ0) is 14.5. The predicted octanol–water partition coefficient (Wildman–Crippen LogP) is 0.365. The van der Waals surface area contributed by atoms with E-state index >= 15 is 0 Å². The summed E-state index contributed by atoms with van der Waals surface area (Å²) >= 11 is 3.54. The molecule has 1 aromatic carbocycles. The van der Waals surface area contributed by atoms with Crippen LogP contribution in [0, 0.1) is 0 Å². The molecule has 3 nitrogen and oxygen atoms in total. The maximum atomic E-state index is 6.03. The van der Waals surface area contributed by atoms with Gasteiger partial charge in [-0.3, -0.25) is 0 Å². The molecule has 1 aromatic rings. The third-order valence-corrected chi connectivity index (χ3v) is 4.61. The Morgan fingerprint density at radius 1 is 1.20 bits per heavy atom. The number of halogens is 1. The number of benzene rings is 1. The highest BCUT2D eigenvalue weighted by atomic mass is 79.9. The summed E-state index contributed by atoms with van der Waals surface area (Å²) in [5, 5.41) is 0. The summed E-state index contributed by atoms with van der Waals surface area (Å²) in [6.45, 7) is 11.5. The summed E-state index contributed by atoms with van der Waals surface area (Å²) in [6, 6.07) is 6.32. The van der Waals surface area contributed by atoms with Crippen molar-refractivity contribution in [3.05, 3.63) is 28.2 Å². The molecule has 0 aliphatic carbocycles. The Morgan fingerprint density at radius 3 is 2.55 bits per heavy atom. The van der Waals surface area contributed by atoms with Gasteiger partial charge >= 0.3 is 0 Å². The van der Waals surface area contributed by atoms with Crippen LogP contribution in [-0.4, -0.2) is 46.4 Å². The van der Waals surface area contributed by atoms with E-state index < -0.39 is 0 Å². The molecule has 1 aliphatic rings. The molecule has 0 spiro atoms. The Balaban J connectivity index is 1.85. The lowest BCUT2D eigenvalue weighted by Gasteiger charge is -2.27. The first-order valence-electron chi connectivity index (χ1n) is 7.63. The smallest absolute Gasteiger partial charge is 0.137 e. The van der Waals surface area contributed by atoms with E-state index in [4.69, 9.17) is 4.74 Å². The number of hydrogen-bond donors (Lipinski definition) is 2. The molecule has 112 valence electrons. The number of hydrogen-bond acceptors (Lipinski definition) is 1. The van der Waals surface area contributed by atoms with Crippen LogP contribution in [0.25, 0.3) is 0 Å². The normalized spacial score (nSPS) is 23.1. The summed E-state index contributed by atoms with van der Waals surface area (Å²) < 4.78 is 7.16. The highest BCUT2D eigenvalue weighted by molar-refractivity contribution is 9.10. The Morgan fingerprint density at radius 2 is 1.90 bits per heavy atom. The van der Waals surface area contributed by atoms with Crippen molar-refractivity contribution in [1.29, 1.82) is 0 Å². The second-order valence-corrected chi connectivity index (χ2v) is 7.06. The van der Waals surface area contributed by atoms with E-state index in [0.29, 0.717) is 5.92 Å². The Bertz CT molecular complexity index is 428. The molecule has 0 radical (unpaired) electrons. The molecular formula is C16H27BrN2O+2. The lowest BCUT2D eigenvalue weighted by Crippen LogP contribution is -3.27. The van der Waals surface area contributed by atoms with Crippen LogP contribution >= 0.6 is 15.9 Å². The van der Waals surface area contributed by atoms with Crippen LogP contribution in [0.3, 0.4) is 0 Å². The number of nitrogens with one attached hydrogen (secondary N) is 2. The van der Waals surface area contributed by atoms with Gasteiger partial charge in [0.2, 0.25) is 0 Å². The van der Waals surface area contributed by atoms with Crippen LogP contribution in [0.1, 0.15) is 25.3 Å². The fourth-order valence-electron chi connectivity index (χ4n) is 2.69. The molecule has 0 aromatic heterocycles. The molecule has 0 saturated carbocycles. The van der Waals surface area contributed by atoms with Crippen molar-refractivity contribution in [3.8, 4) is 5.75 Å². The molecule has 2 N–H and O–H groups in total. The number of quaternary nitrogens is 2. The second-order valence-electron chi connectivity index (χ2n) is 6.14. The zero-order valence-corrected chi connectivity index (χ0v) is 14.4. The lowest BCUT2D eigenvalue weighted by atomic mass is 10.0. The summed E-state index contributed by atoms with van der Waals surface area (Å²) in [6.07, 6.45) is 0. The van der Waals surface area contributed by atoms with Crippen LogP contribution in [0.5, 0.6) is 5.75 Å². The monoisotopic (exact) mass is 342 g/mol. The van der Waals surface area contributed by atoms with Crippen LogP contribution < -0.4 is 14.5 Å². The van der Waals surface area contributed by atoms with E-state index in [1.165, 1.54) is 31.7 Å². The average molecular weight is 343 g/mol. The third-order valence-electron chi connectivity index (χ3n) is 4.12. The molecule has 0 unspecified atom stereocenters. The standard InChI is InChI=1S/C16H25BrN2O/c1-13(2)15-12-14(17)4-5-16(15)20-11-10-19-8-6-18(3)7-9-19/h4-5,12-13H,6-11H2,1-3H3/p+2. The van der Waals surface area contributed by atoms with E-state index in [1.54, 1.807) is 9.80 Å². The van der Waals surface area contributed by atoms with Gasteiger partial charge in [0.15, 0.2) is 0 Å². The largest absolute Gasteiger partial charge is 0.487 e. The molecule has 1 saturated heterocycles. The Hall–Kier alpha value is -0.580. The van der Waals surface area contributed by atoms with Gasteiger partial charge in [0.05, 0.1) is 7.05 Å². The van der Waals surface area contributed by atoms with Gasteiger partial charge in [0.25, 0.3) is 0 Å². The zero-order valence-electron chi connectivity index (χ0n) is 12.8. The highest BCUT2D eigenvalue weighted by Crippen LogP contribution is 2.29. The topological polar surface area (TPSA) is 18.1 Å². The molecule has 0 amide bonds. The molecule has 1 aliphatic heterocycles. The molecule has 4 heteroatoms. The fourth-order valence-corrected chi connectivity index (χ4v) is 3.07. The first kappa shape index (κ1) is 15.8. The maximum Gasteiger partial charge on any atom is 0.137 e. The van der Waals surface area contributed by atoms with Crippen LogP contribution in [0.2, 0.25) is 0 Å². The lowest BCUT2D eigenvalue weighted by molar-refractivity contribution is -1.00. The van der Waals surface area contributed by atoms with Gasteiger partial charge in [-0.25, -0.2) is 0 Å². The number of ether oxygens (including phenoxy) is 1. The van der Waals surface area contributed by atoms with E-state index in [0.717, 1.165) is 23.4 Å². The van der Waals surface area contributed by atoms with Gasteiger partial charge in [-0.2, -0.15) is 0 Å². The molecule has 20 heavy (non-hydrogen) atoms. The molecule has 0 atom stereocenters. The van der Waals surface area contributed by atoms with E-state index in [2.05, 4.69) is 55.0 Å². The molecule has 1 fully saturated rings. The van der Waals surface area contributed by atoms with Crippen molar-refractivity contribution in [2.45, 2.75) is 19.8 Å². The van der Waals surface area contributed by atoms with Crippen molar-refractivity contribution in [3.63, 3.8) is 0 Å². The van der Waals surface area contributed by atoms with E-state index in [1.807, 2.05) is 0 Å². The number of likely N-dealkylation sites (N-methyl/N-ethyl adjacent to an activating group) is 1. The van der Waals surface area contributed by atoms with Gasteiger partial charge < -0.3 is 14.5 Å². The molecular weight excluding hydrogens is 316 g/mol. The predicted molar refractivity (Wildman–Crippen MR) is 85.9 cm³/mol. The fraction of sp³-hybridized carbons (Fsp3) is 0.625. The van der Waals surface area contributed by atoms with Crippen molar-refractivity contribution in [2.24, 2.45) is 0 Å². The van der Waals surface area contributed by atoms with Gasteiger partial charge in [0, 0.05) is 4.47 Å². The number of rotatable bonds is 5. The Kier molecular flexibility index (Phi) is 5.87. The molecule has 0 bridgehead atoms. The minimum absolute atomic E-state index is 0.488. The first-order valence-corrected chi connectivity index (χ1v) is 8.42. The summed E-state index contributed by atoms with van der Waals surface area (Å²) in [5.41, 5.74) is 1.29. The van der Waals surface area contributed by atoms with Crippen molar-refractivity contribution < 1.29 is 14.5 Å². The maximum absolute atomic E-state index is 6.03. The van der Waals surface area contributed by atoms with E-state index in [9.17, 15) is 0 Å². The SMILES string of the molecule is CC(C)c1cc(Br)ccc1OCC[NH+]1CC[NH+](C)CC1. The van der Waals surface area contributed by atoms with Crippen LogP contribution in [0.4, 0.5) is 0 Å². The highest BCUT2D eigenvalue weighted by Gasteiger charge is 2.19. The van der Waals surface area contributed by atoms with Gasteiger partial charge in [-0.1, -0.05) is 29.8 Å². The summed E-state index contributed by atoms with van der Waals surface area (Å²) in [4.78, 5) is 3.34. The van der Waals surface area contributed by atoms with E-state index in [-0.39, 0.29) is 0 Å². The van der Waals surface area contributed by atoms with Gasteiger partial charge in [0.1, 0.15) is 45.1 Å². The summed E-state index contributed by atoms with van der Waals surface area (Å²) in [7, 11) is 2.28. The van der Waals surface area contributed by atoms with Crippen molar-refractivity contribution >= 4 is 15.9 Å². The van der Waals surface area contributed by atoms with Crippen molar-refractivity contribution in [2.75, 3.05) is 46.4 Å². The quantitative estimate of drug-likeness (QED) is 0.790. The van der Waals surface area contributed by atoms with Gasteiger partial charge in [-0.15, -0.1) is 0 Å². The third kappa shape index (κ3) is 4.47. The van der Waals surface area contributed by atoms with Gasteiger partial charge in [-0.05, 0) is 29.7 Å². The summed E-state index contributed by atoms with van der Waals surface area (Å²) in [5.74, 6) is 1.53. The average Bonchev–Trinajstić information content (AvgIpc) is 2.42. The minimum Gasteiger partial charge on any atom is -0.487 e. The number of piperazine rings is 1. The van der Waals surface area contributed by atoms with Crippen LogP contribution in [-0.2, 0) is 0 Å². The molecule has 1 heterocycles. The molecule has 2 rings (SSSR count). The van der Waals surface area contributed by atoms with Crippen LogP contribution in [0.15, 0.2) is 22.7 Å².